The van der Waals surface area contributed by atoms with Crippen LogP contribution in [0, 0.1) is 0 Å². The van der Waals surface area contributed by atoms with E-state index in [1.165, 1.54) is 0 Å². The Morgan fingerprint density at radius 2 is 1.88 bits per heavy atom. The summed E-state index contributed by atoms with van der Waals surface area (Å²) in [6, 6.07) is 7.76. The summed E-state index contributed by atoms with van der Waals surface area (Å²) in [7, 11) is 2.12. The first-order chi connectivity index (χ1) is 8.22. The molecule has 0 unspecified atom stereocenters. The first-order valence-corrected chi connectivity index (χ1v) is 5.73. The smallest absolute Gasteiger partial charge is 0.172 e. The van der Waals surface area contributed by atoms with E-state index in [0.717, 1.165) is 37.4 Å². The second-order valence-corrected chi connectivity index (χ2v) is 4.29. The van der Waals surface area contributed by atoms with Gasteiger partial charge in [-0.15, -0.1) is 0 Å². The highest BCUT2D eigenvalue weighted by Crippen LogP contribution is 2.21. The van der Waals surface area contributed by atoms with E-state index in [2.05, 4.69) is 22.0 Å². The minimum atomic E-state index is 0.166. The zero-order valence-electron chi connectivity index (χ0n) is 10.0. The van der Waals surface area contributed by atoms with Crippen LogP contribution in [0.25, 0.3) is 0 Å². The number of hydrogen-bond acceptors (Lipinski definition) is 4. The number of benzene rings is 1. The minimum absolute atomic E-state index is 0.166. The fourth-order valence-corrected chi connectivity index (χ4v) is 2.07. The Bertz CT molecular complexity index is 411. The molecule has 0 atom stereocenters. The van der Waals surface area contributed by atoms with Crippen molar-refractivity contribution >= 4 is 11.5 Å². The van der Waals surface area contributed by atoms with Crippen molar-refractivity contribution in [2.24, 2.45) is 10.9 Å². The minimum Gasteiger partial charge on any atom is -0.409 e. The lowest BCUT2D eigenvalue weighted by Gasteiger charge is -2.35. The highest BCUT2D eigenvalue weighted by Gasteiger charge is 2.17. The van der Waals surface area contributed by atoms with Crippen LogP contribution >= 0.6 is 0 Å². The molecule has 0 aromatic heterocycles. The summed E-state index contributed by atoms with van der Waals surface area (Å²) in [6.45, 7) is 3.99. The lowest BCUT2D eigenvalue weighted by Crippen LogP contribution is -2.45. The molecule has 0 bridgehead atoms. The van der Waals surface area contributed by atoms with Gasteiger partial charge in [0.2, 0.25) is 0 Å². The van der Waals surface area contributed by atoms with Gasteiger partial charge >= 0.3 is 0 Å². The molecular weight excluding hydrogens is 216 g/mol. The third-order valence-electron chi connectivity index (χ3n) is 3.13. The summed E-state index contributed by atoms with van der Waals surface area (Å²) in [5.41, 5.74) is 7.52. The molecule has 5 heteroatoms. The van der Waals surface area contributed by atoms with Crippen LogP contribution in [0.4, 0.5) is 5.69 Å². The van der Waals surface area contributed by atoms with E-state index in [1.54, 1.807) is 0 Å². The average Bonchev–Trinajstić information content (AvgIpc) is 2.39. The molecule has 1 heterocycles. The maximum absolute atomic E-state index is 8.79. The molecule has 5 nitrogen and oxygen atoms in total. The Balaban J connectivity index is 2.26. The molecule has 2 rings (SSSR count). The molecule has 1 aliphatic heterocycles. The molecule has 1 saturated heterocycles. The molecule has 17 heavy (non-hydrogen) atoms. The Labute approximate surface area is 101 Å². The number of anilines is 1. The Morgan fingerprint density at radius 3 is 2.53 bits per heavy atom. The second-order valence-electron chi connectivity index (χ2n) is 4.29. The first kappa shape index (κ1) is 11.7. The normalized spacial score (nSPS) is 18.4. The maximum atomic E-state index is 8.79. The number of rotatable bonds is 2. The van der Waals surface area contributed by atoms with Gasteiger partial charge < -0.3 is 20.7 Å². The van der Waals surface area contributed by atoms with Crippen LogP contribution in [0.15, 0.2) is 29.4 Å². The van der Waals surface area contributed by atoms with Gasteiger partial charge in [-0.3, -0.25) is 0 Å². The first-order valence-electron chi connectivity index (χ1n) is 5.73. The molecular formula is C12H18N4O. The number of amidine groups is 1. The van der Waals surface area contributed by atoms with Gasteiger partial charge in [0.15, 0.2) is 5.84 Å². The van der Waals surface area contributed by atoms with Crippen molar-refractivity contribution in [1.29, 1.82) is 0 Å². The molecule has 0 radical (unpaired) electrons. The van der Waals surface area contributed by atoms with Crippen LogP contribution in [0.2, 0.25) is 0 Å². The molecule has 0 aliphatic carbocycles. The van der Waals surface area contributed by atoms with Crippen molar-refractivity contribution in [3.05, 3.63) is 29.8 Å². The second kappa shape index (κ2) is 5.05. The van der Waals surface area contributed by atoms with Gasteiger partial charge in [-0.25, -0.2) is 0 Å². The van der Waals surface area contributed by atoms with Crippen LogP contribution in [0.1, 0.15) is 5.56 Å². The number of nitrogens with zero attached hydrogens (tertiary/aromatic N) is 3. The molecule has 1 aromatic rings. The van der Waals surface area contributed by atoms with Crippen molar-refractivity contribution in [2.45, 2.75) is 0 Å². The molecule has 1 aromatic carbocycles. The van der Waals surface area contributed by atoms with Crippen molar-refractivity contribution in [3.63, 3.8) is 0 Å². The fourth-order valence-electron chi connectivity index (χ4n) is 2.07. The number of para-hydroxylation sites is 1. The average molecular weight is 234 g/mol. The maximum Gasteiger partial charge on any atom is 0.172 e. The molecule has 1 fully saturated rings. The largest absolute Gasteiger partial charge is 0.409 e. The SMILES string of the molecule is CN1CCN(c2ccccc2C(N)=NO)CC1. The van der Waals surface area contributed by atoms with E-state index < -0.39 is 0 Å². The van der Waals surface area contributed by atoms with Crippen molar-refractivity contribution < 1.29 is 5.21 Å². The highest BCUT2D eigenvalue weighted by atomic mass is 16.4. The Hall–Kier alpha value is -1.75. The third-order valence-corrected chi connectivity index (χ3v) is 3.13. The number of hydrogen-bond donors (Lipinski definition) is 2. The Morgan fingerprint density at radius 1 is 1.24 bits per heavy atom. The summed E-state index contributed by atoms with van der Waals surface area (Å²) in [5.74, 6) is 0.166. The summed E-state index contributed by atoms with van der Waals surface area (Å²) in [4.78, 5) is 4.57. The fraction of sp³-hybridized carbons (Fsp3) is 0.417. The topological polar surface area (TPSA) is 65.1 Å². The van der Waals surface area contributed by atoms with Gasteiger partial charge in [-0.1, -0.05) is 17.3 Å². The van der Waals surface area contributed by atoms with E-state index in [9.17, 15) is 0 Å². The highest BCUT2D eigenvalue weighted by molar-refractivity contribution is 6.02. The lowest BCUT2D eigenvalue weighted by atomic mass is 10.1. The molecule has 3 N–H and O–H groups in total. The molecule has 0 spiro atoms. The van der Waals surface area contributed by atoms with Gasteiger partial charge in [0.25, 0.3) is 0 Å². The van der Waals surface area contributed by atoms with E-state index in [4.69, 9.17) is 10.9 Å². The number of nitrogens with two attached hydrogens (primary N) is 1. The zero-order valence-corrected chi connectivity index (χ0v) is 10.0. The van der Waals surface area contributed by atoms with E-state index >= 15 is 0 Å². The van der Waals surface area contributed by atoms with Gasteiger partial charge in [0.1, 0.15) is 0 Å². The predicted molar refractivity (Wildman–Crippen MR) is 68.7 cm³/mol. The third kappa shape index (κ3) is 2.50. The number of oxime groups is 1. The van der Waals surface area contributed by atoms with Crippen LogP contribution in [0.5, 0.6) is 0 Å². The summed E-state index contributed by atoms with van der Waals surface area (Å²) < 4.78 is 0. The van der Waals surface area contributed by atoms with Crippen molar-refractivity contribution in [1.82, 2.24) is 4.90 Å². The molecule has 0 saturated carbocycles. The van der Waals surface area contributed by atoms with Crippen molar-refractivity contribution in [2.75, 3.05) is 38.1 Å². The number of piperazine rings is 1. The summed E-state index contributed by atoms with van der Waals surface area (Å²) in [6.07, 6.45) is 0. The van der Waals surface area contributed by atoms with Gasteiger partial charge in [-0.2, -0.15) is 0 Å². The summed E-state index contributed by atoms with van der Waals surface area (Å²) >= 11 is 0. The predicted octanol–water partition coefficient (Wildman–Crippen LogP) is 0.533. The molecule has 0 amide bonds. The molecule has 1 aliphatic rings. The van der Waals surface area contributed by atoms with Gasteiger partial charge in [-0.05, 0) is 19.2 Å². The van der Waals surface area contributed by atoms with E-state index in [0.29, 0.717) is 0 Å². The van der Waals surface area contributed by atoms with Gasteiger partial charge in [0.05, 0.1) is 0 Å². The zero-order chi connectivity index (χ0) is 12.3. The van der Waals surface area contributed by atoms with E-state index in [1.807, 2.05) is 24.3 Å². The lowest BCUT2D eigenvalue weighted by molar-refractivity contribution is 0.312. The number of likely N-dealkylation sites (N-methyl/N-ethyl adjacent to an activating group) is 1. The van der Waals surface area contributed by atoms with Crippen molar-refractivity contribution in [3.8, 4) is 0 Å². The van der Waals surface area contributed by atoms with Crippen LogP contribution in [-0.4, -0.2) is 49.2 Å². The van der Waals surface area contributed by atoms with E-state index in [-0.39, 0.29) is 5.84 Å². The summed E-state index contributed by atoms with van der Waals surface area (Å²) in [5, 5.41) is 11.9. The monoisotopic (exact) mass is 234 g/mol. The molecule has 92 valence electrons. The van der Waals surface area contributed by atoms with Crippen LogP contribution < -0.4 is 10.6 Å². The van der Waals surface area contributed by atoms with Gasteiger partial charge in [0, 0.05) is 37.4 Å². The van der Waals surface area contributed by atoms with Crippen LogP contribution in [-0.2, 0) is 0 Å². The quantitative estimate of drug-likeness (QED) is 0.339. The standard InChI is InChI=1S/C12H18N4O/c1-15-6-8-16(9-7-15)11-5-3-2-4-10(11)12(13)14-17/h2-5,17H,6-9H2,1H3,(H2,13,14). The van der Waals surface area contributed by atoms with Crippen LogP contribution in [0.3, 0.4) is 0 Å². The Kier molecular flexibility index (Phi) is 3.49.